The number of halogens is 1. The van der Waals surface area contributed by atoms with Crippen LogP contribution >= 0.6 is 15.9 Å². The van der Waals surface area contributed by atoms with Gasteiger partial charge in [0.05, 0.1) is 4.47 Å². The molecule has 0 aliphatic heterocycles. The molecule has 2 rings (SSSR count). The van der Waals surface area contributed by atoms with Crippen LogP contribution in [0.2, 0.25) is 0 Å². The Bertz CT molecular complexity index is 790. The van der Waals surface area contributed by atoms with Gasteiger partial charge in [0.15, 0.2) is 6.61 Å². The van der Waals surface area contributed by atoms with Gasteiger partial charge >= 0.3 is 0 Å². The fourth-order valence-corrected chi connectivity index (χ4v) is 2.81. The van der Waals surface area contributed by atoms with E-state index in [0.717, 1.165) is 15.6 Å². The van der Waals surface area contributed by atoms with Crippen molar-refractivity contribution in [1.82, 2.24) is 0 Å². The van der Waals surface area contributed by atoms with Crippen LogP contribution in [-0.2, 0) is 9.59 Å². The number of carbonyl (C=O) groups excluding carboxylic acids is 2. The molecule has 0 saturated heterocycles. The Morgan fingerprint density at radius 1 is 1.04 bits per heavy atom. The Morgan fingerprint density at radius 3 is 2.28 bits per heavy atom. The summed E-state index contributed by atoms with van der Waals surface area (Å²) in [5.74, 6) is 0.273. The first kappa shape index (κ1) is 19.0. The summed E-state index contributed by atoms with van der Waals surface area (Å²) < 4.78 is 6.36. The van der Waals surface area contributed by atoms with Crippen molar-refractivity contribution in [2.45, 2.75) is 27.2 Å². The lowest BCUT2D eigenvalue weighted by atomic mass is 10.1. The molecule has 0 aliphatic rings. The second-order valence-electron chi connectivity index (χ2n) is 5.65. The first-order valence-corrected chi connectivity index (χ1v) is 8.78. The van der Waals surface area contributed by atoms with Crippen LogP contribution in [0.1, 0.15) is 24.5 Å². The predicted octanol–water partition coefficient (Wildman–Crippen LogP) is 4.43. The fourth-order valence-electron chi connectivity index (χ4n) is 2.20. The molecule has 0 radical (unpaired) electrons. The smallest absolute Gasteiger partial charge is 0.262 e. The highest BCUT2D eigenvalue weighted by atomic mass is 79.9. The molecule has 0 fully saturated rings. The molecule has 132 valence electrons. The van der Waals surface area contributed by atoms with Gasteiger partial charge in [-0.25, -0.2) is 0 Å². The van der Waals surface area contributed by atoms with Crippen LogP contribution in [0.3, 0.4) is 0 Å². The molecule has 2 N–H and O–H groups in total. The second-order valence-corrected chi connectivity index (χ2v) is 6.50. The van der Waals surface area contributed by atoms with E-state index in [1.165, 1.54) is 0 Å². The van der Waals surface area contributed by atoms with Gasteiger partial charge in [-0.2, -0.15) is 0 Å². The Balaban J connectivity index is 2.00. The second kappa shape index (κ2) is 8.67. The molecule has 25 heavy (non-hydrogen) atoms. The monoisotopic (exact) mass is 404 g/mol. The SMILES string of the molecule is CCC(=O)Nc1cccc(NC(=O)COc2ccc(C)cc2Br)c1C. The summed E-state index contributed by atoms with van der Waals surface area (Å²) in [4.78, 5) is 23.7. The molecule has 0 spiro atoms. The molecule has 0 aliphatic carbocycles. The van der Waals surface area contributed by atoms with Crippen LogP contribution in [-0.4, -0.2) is 18.4 Å². The van der Waals surface area contributed by atoms with Crippen molar-refractivity contribution in [3.63, 3.8) is 0 Å². The molecule has 2 aromatic carbocycles. The number of aryl methyl sites for hydroxylation is 1. The van der Waals surface area contributed by atoms with Gasteiger partial charge in [-0.3, -0.25) is 9.59 Å². The quantitative estimate of drug-likeness (QED) is 0.747. The van der Waals surface area contributed by atoms with Gasteiger partial charge in [0.1, 0.15) is 5.75 Å². The molecular weight excluding hydrogens is 384 g/mol. The summed E-state index contributed by atoms with van der Waals surface area (Å²) in [6.45, 7) is 5.51. The van der Waals surface area contributed by atoms with Gasteiger partial charge < -0.3 is 15.4 Å². The Hall–Kier alpha value is -2.34. The molecule has 0 heterocycles. The highest BCUT2D eigenvalue weighted by molar-refractivity contribution is 9.10. The Labute approximate surface area is 155 Å². The maximum atomic E-state index is 12.2. The Kier molecular flexibility index (Phi) is 6.58. The van der Waals surface area contributed by atoms with E-state index >= 15 is 0 Å². The molecule has 0 saturated carbocycles. The normalized spacial score (nSPS) is 10.2. The number of hydrogen-bond acceptors (Lipinski definition) is 3. The number of anilines is 2. The van der Waals surface area contributed by atoms with E-state index in [4.69, 9.17) is 4.74 Å². The summed E-state index contributed by atoms with van der Waals surface area (Å²) in [5, 5.41) is 5.63. The van der Waals surface area contributed by atoms with Crippen molar-refractivity contribution in [3.05, 3.63) is 52.0 Å². The molecule has 0 atom stereocenters. The number of carbonyl (C=O) groups is 2. The standard InChI is InChI=1S/C19H21BrN2O3/c1-4-18(23)21-15-6-5-7-16(13(15)3)22-19(24)11-25-17-9-8-12(2)10-14(17)20/h5-10H,4,11H2,1-3H3,(H,21,23)(H,22,24). The molecule has 5 nitrogen and oxygen atoms in total. The third kappa shape index (κ3) is 5.32. The fraction of sp³-hybridized carbons (Fsp3) is 0.263. The molecule has 0 aromatic heterocycles. The molecule has 0 bridgehead atoms. The highest BCUT2D eigenvalue weighted by Gasteiger charge is 2.10. The molecule has 2 amide bonds. The molecule has 6 heteroatoms. The predicted molar refractivity (Wildman–Crippen MR) is 103 cm³/mol. The van der Waals surface area contributed by atoms with Crippen LogP contribution < -0.4 is 15.4 Å². The zero-order valence-electron chi connectivity index (χ0n) is 14.5. The summed E-state index contributed by atoms with van der Waals surface area (Å²) in [7, 11) is 0. The number of nitrogens with one attached hydrogen (secondary N) is 2. The lowest BCUT2D eigenvalue weighted by Crippen LogP contribution is -2.21. The zero-order chi connectivity index (χ0) is 18.4. The lowest BCUT2D eigenvalue weighted by molar-refractivity contribution is -0.118. The average Bonchev–Trinajstić information content (AvgIpc) is 2.57. The van der Waals surface area contributed by atoms with Crippen molar-refractivity contribution in [2.24, 2.45) is 0 Å². The topological polar surface area (TPSA) is 67.4 Å². The van der Waals surface area contributed by atoms with Gasteiger partial charge in [0.25, 0.3) is 5.91 Å². The van der Waals surface area contributed by atoms with Crippen molar-refractivity contribution in [3.8, 4) is 5.75 Å². The summed E-state index contributed by atoms with van der Waals surface area (Å²) in [6, 6.07) is 11.0. The lowest BCUT2D eigenvalue weighted by Gasteiger charge is -2.14. The van der Waals surface area contributed by atoms with E-state index in [9.17, 15) is 9.59 Å². The zero-order valence-corrected chi connectivity index (χ0v) is 16.1. The van der Waals surface area contributed by atoms with Gasteiger partial charge in [-0.05, 0) is 65.2 Å². The first-order valence-electron chi connectivity index (χ1n) is 7.99. The minimum Gasteiger partial charge on any atom is -0.483 e. The van der Waals surface area contributed by atoms with Crippen LogP contribution in [0, 0.1) is 13.8 Å². The highest BCUT2D eigenvalue weighted by Crippen LogP contribution is 2.26. The average molecular weight is 405 g/mol. The van der Waals surface area contributed by atoms with Crippen molar-refractivity contribution < 1.29 is 14.3 Å². The molecule has 2 aromatic rings. The van der Waals surface area contributed by atoms with E-state index < -0.39 is 0 Å². The van der Waals surface area contributed by atoms with Crippen LogP contribution in [0.15, 0.2) is 40.9 Å². The van der Waals surface area contributed by atoms with Gasteiger partial charge in [-0.15, -0.1) is 0 Å². The summed E-state index contributed by atoms with van der Waals surface area (Å²) in [5.41, 5.74) is 3.23. The summed E-state index contributed by atoms with van der Waals surface area (Å²) in [6.07, 6.45) is 0.398. The largest absolute Gasteiger partial charge is 0.483 e. The van der Waals surface area contributed by atoms with Crippen LogP contribution in [0.25, 0.3) is 0 Å². The third-order valence-electron chi connectivity index (χ3n) is 3.65. The maximum Gasteiger partial charge on any atom is 0.262 e. The molecule has 0 unspecified atom stereocenters. The minimum absolute atomic E-state index is 0.0702. The number of benzene rings is 2. The van der Waals surface area contributed by atoms with E-state index in [1.807, 2.05) is 32.0 Å². The minimum atomic E-state index is -0.269. The van der Waals surface area contributed by atoms with Gasteiger partial charge in [0.2, 0.25) is 5.91 Å². The number of amides is 2. The number of ether oxygens (including phenoxy) is 1. The van der Waals surface area contributed by atoms with E-state index in [1.54, 1.807) is 25.1 Å². The van der Waals surface area contributed by atoms with Gasteiger partial charge in [-0.1, -0.05) is 19.1 Å². The summed E-state index contributed by atoms with van der Waals surface area (Å²) >= 11 is 3.42. The van der Waals surface area contributed by atoms with Crippen LogP contribution in [0.5, 0.6) is 5.75 Å². The Morgan fingerprint density at radius 2 is 1.68 bits per heavy atom. The van der Waals surface area contributed by atoms with Crippen molar-refractivity contribution >= 4 is 39.1 Å². The molecular formula is C19H21BrN2O3. The van der Waals surface area contributed by atoms with E-state index in [0.29, 0.717) is 23.5 Å². The van der Waals surface area contributed by atoms with E-state index in [-0.39, 0.29) is 18.4 Å². The number of rotatable bonds is 6. The van der Waals surface area contributed by atoms with Crippen LogP contribution in [0.4, 0.5) is 11.4 Å². The third-order valence-corrected chi connectivity index (χ3v) is 4.27. The van der Waals surface area contributed by atoms with Crippen molar-refractivity contribution in [2.75, 3.05) is 17.2 Å². The van der Waals surface area contributed by atoms with Gasteiger partial charge in [0, 0.05) is 17.8 Å². The van der Waals surface area contributed by atoms with E-state index in [2.05, 4.69) is 26.6 Å². The number of hydrogen-bond donors (Lipinski definition) is 2. The van der Waals surface area contributed by atoms with Crippen molar-refractivity contribution in [1.29, 1.82) is 0 Å². The first-order chi connectivity index (χ1) is 11.9. The maximum absolute atomic E-state index is 12.2.